The first-order chi connectivity index (χ1) is 14.4. The van der Waals surface area contributed by atoms with Gasteiger partial charge >= 0.3 is 19.5 Å². The third-order valence-electron chi connectivity index (χ3n) is 5.28. The smallest absolute Gasteiger partial charge is 0.759 e. The van der Waals surface area contributed by atoms with Gasteiger partial charge in [0.2, 0.25) is 0 Å². The molecule has 5 nitrogen and oxygen atoms in total. The molecule has 7 heteroatoms. The summed E-state index contributed by atoms with van der Waals surface area (Å²) < 4.78 is 39.9. The molecule has 0 N–H and O–H groups in total. The average Bonchev–Trinajstić information content (AvgIpc) is 2.68. The van der Waals surface area contributed by atoms with Gasteiger partial charge in [-0.15, -0.1) is 0 Å². The van der Waals surface area contributed by atoms with Gasteiger partial charge in [0, 0.05) is 23.6 Å². The molecule has 0 aromatic carbocycles. The minimum Gasteiger partial charge on any atom is -0.759 e. The molecule has 0 saturated heterocycles. The van der Waals surface area contributed by atoms with Crippen molar-refractivity contribution in [3.63, 3.8) is 0 Å². The van der Waals surface area contributed by atoms with Crippen LogP contribution in [0.3, 0.4) is 0 Å². The topological polar surface area (TPSA) is 89.5 Å². The van der Waals surface area contributed by atoms with E-state index in [2.05, 4.69) is 13.8 Å². The number of unbranched alkanes of at least 4 members (excludes halogenated alkanes) is 18. The van der Waals surface area contributed by atoms with E-state index < -0.39 is 10.4 Å². The summed E-state index contributed by atoms with van der Waals surface area (Å²) in [4.78, 5) is 0. The van der Waals surface area contributed by atoms with Crippen LogP contribution in [0.4, 0.5) is 0 Å². The van der Waals surface area contributed by atoms with Crippen LogP contribution in [0.5, 0.6) is 0 Å². The molecule has 0 radical (unpaired) electrons. The van der Waals surface area contributed by atoms with Crippen LogP contribution in [-0.2, 0) is 34.6 Å². The van der Waals surface area contributed by atoms with Crippen molar-refractivity contribution < 1.29 is 41.7 Å². The third kappa shape index (κ3) is 48.9. The Bertz CT molecular complexity index is 375. The van der Waals surface area contributed by atoms with Gasteiger partial charge in [-0.2, -0.15) is 0 Å². The van der Waals surface area contributed by atoms with Crippen LogP contribution in [0.25, 0.3) is 0 Å². The van der Waals surface area contributed by atoms with Crippen molar-refractivity contribution in [2.24, 2.45) is 0 Å². The molecule has 0 aromatic rings. The average molecular weight is 516 g/mol. The van der Waals surface area contributed by atoms with Crippen LogP contribution in [0.15, 0.2) is 0 Å². The van der Waals surface area contributed by atoms with Gasteiger partial charge in [-0.1, -0.05) is 129 Å². The predicted octanol–water partition coefficient (Wildman–Crippen LogP) is 7.50. The molecular weight excluding hydrogens is 466 g/mol. The maximum atomic E-state index is 8.52. The molecule has 0 aliphatic carbocycles. The van der Waals surface area contributed by atoms with Crippen molar-refractivity contribution in [3.05, 3.63) is 0 Å². The van der Waals surface area contributed by atoms with Gasteiger partial charge < -0.3 is 13.8 Å². The van der Waals surface area contributed by atoms with E-state index in [1.165, 1.54) is 128 Å². The van der Waals surface area contributed by atoms with Crippen LogP contribution in [0, 0.1) is 0 Å². The van der Waals surface area contributed by atoms with Crippen molar-refractivity contribution in [2.45, 2.75) is 142 Å². The Morgan fingerprint density at radius 1 is 0.484 bits per heavy atom. The number of rotatable bonds is 22. The summed E-state index contributed by atoms with van der Waals surface area (Å²) in [6.07, 6.45) is 28.2. The van der Waals surface area contributed by atoms with Gasteiger partial charge in [0.25, 0.3) is 0 Å². The summed E-state index contributed by atoms with van der Waals surface area (Å²) in [6, 6.07) is 0. The summed E-state index contributed by atoms with van der Waals surface area (Å²) in [5, 5.41) is 0. The molecule has 0 atom stereocenters. The largest absolute Gasteiger partial charge is 2.00 e. The maximum Gasteiger partial charge on any atom is 2.00 e. The summed E-state index contributed by atoms with van der Waals surface area (Å²) >= 11 is 0. The van der Waals surface area contributed by atoms with E-state index in [1.54, 1.807) is 0 Å². The van der Waals surface area contributed by atoms with E-state index in [-0.39, 0.29) is 19.5 Å². The molecule has 184 valence electrons. The van der Waals surface area contributed by atoms with Crippen LogP contribution in [0.2, 0.25) is 0 Å². The van der Waals surface area contributed by atoms with Crippen molar-refractivity contribution in [1.29, 1.82) is 0 Å². The summed E-state index contributed by atoms with van der Waals surface area (Å²) in [6.45, 7) is 6.57. The van der Waals surface area contributed by atoms with Crippen molar-refractivity contribution in [3.8, 4) is 0 Å². The van der Waals surface area contributed by atoms with E-state index in [4.69, 9.17) is 22.3 Å². The summed E-state index contributed by atoms with van der Waals surface area (Å²) in [5.41, 5.74) is 0. The Hall–Kier alpha value is 0.453. The molecule has 0 rings (SSSR count). The molecule has 0 spiro atoms. The van der Waals surface area contributed by atoms with Crippen LogP contribution < -0.4 is 0 Å². The van der Waals surface area contributed by atoms with Gasteiger partial charge in [0.1, 0.15) is 0 Å². The normalized spacial score (nSPS) is 11.0. The second-order valence-corrected chi connectivity index (χ2v) is 9.20. The molecule has 0 bridgehead atoms. The molecule has 0 aromatic heterocycles. The molecule has 0 amide bonds. The summed E-state index contributed by atoms with van der Waals surface area (Å²) in [7, 11) is -5.17. The van der Waals surface area contributed by atoms with Crippen molar-refractivity contribution >= 4 is 10.4 Å². The van der Waals surface area contributed by atoms with Crippen LogP contribution >= 0.6 is 0 Å². The number of hydrogen-bond donors (Lipinski definition) is 0. The van der Waals surface area contributed by atoms with Crippen molar-refractivity contribution in [2.75, 3.05) is 13.2 Å². The molecule has 31 heavy (non-hydrogen) atoms. The fraction of sp³-hybridized carbons (Fsp3) is 1.00. The van der Waals surface area contributed by atoms with Gasteiger partial charge in [-0.05, 0) is 12.8 Å². The minimum atomic E-state index is -5.17. The quantitative estimate of drug-likeness (QED) is 0.0644. The first-order valence-corrected chi connectivity index (χ1v) is 14.0. The predicted molar refractivity (Wildman–Crippen MR) is 125 cm³/mol. The molecular formula is C24H50O5SZn. The molecule has 0 unspecified atom stereocenters. The summed E-state index contributed by atoms with van der Waals surface area (Å²) in [5.74, 6) is 0. The molecule has 0 saturated carbocycles. The Labute approximate surface area is 207 Å². The van der Waals surface area contributed by atoms with E-state index >= 15 is 0 Å². The Morgan fingerprint density at radius 3 is 0.903 bits per heavy atom. The van der Waals surface area contributed by atoms with E-state index in [9.17, 15) is 0 Å². The fourth-order valence-electron chi connectivity index (χ4n) is 3.49. The molecule has 0 heterocycles. The maximum absolute atomic E-state index is 8.52. The molecule has 0 fully saturated rings. The minimum absolute atomic E-state index is 0. The Balaban J connectivity index is -0.00000116. The second kappa shape index (κ2) is 30.5. The SMILES string of the molecule is CCCCCCCCCCCCOCCCCCCCCCCCC.O=S(=O)([O-])[O-].[Zn+2]. The first-order valence-electron chi connectivity index (χ1n) is 12.7. The number of ether oxygens (including phenoxy) is 1. The first kappa shape index (κ1) is 36.0. The molecule has 0 aliphatic heterocycles. The second-order valence-electron chi connectivity index (χ2n) is 8.38. The monoisotopic (exact) mass is 514 g/mol. The van der Waals surface area contributed by atoms with Crippen LogP contribution in [0.1, 0.15) is 142 Å². The standard InChI is InChI=1S/C24H50O.H2O4S.Zn/c1-3-5-7-9-11-13-15-17-19-21-23-25-24-22-20-18-16-14-12-10-8-6-4-2;1-5(2,3)4;/h3-24H2,1-2H3;(H2,1,2,3,4);/q;;+2/p-2. The van der Waals surface area contributed by atoms with Gasteiger partial charge in [-0.25, -0.2) is 0 Å². The third-order valence-corrected chi connectivity index (χ3v) is 5.28. The van der Waals surface area contributed by atoms with Gasteiger partial charge in [-0.3, -0.25) is 8.42 Å². The molecule has 0 aliphatic rings. The van der Waals surface area contributed by atoms with Crippen LogP contribution in [-0.4, -0.2) is 30.7 Å². The fourth-order valence-corrected chi connectivity index (χ4v) is 3.49. The van der Waals surface area contributed by atoms with E-state index in [0.29, 0.717) is 0 Å². The van der Waals surface area contributed by atoms with E-state index in [0.717, 1.165) is 13.2 Å². The van der Waals surface area contributed by atoms with E-state index in [1.807, 2.05) is 0 Å². The Kier molecular flexibility index (Phi) is 35.4. The van der Waals surface area contributed by atoms with Gasteiger partial charge in [0.05, 0.1) is 0 Å². The Morgan fingerprint density at radius 2 is 0.677 bits per heavy atom. The number of hydrogen-bond acceptors (Lipinski definition) is 5. The zero-order valence-electron chi connectivity index (χ0n) is 20.7. The van der Waals surface area contributed by atoms with Gasteiger partial charge in [0.15, 0.2) is 0 Å². The zero-order chi connectivity index (χ0) is 22.8. The zero-order valence-corrected chi connectivity index (χ0v) is 24.5. The van der Waals surface area contributed by atoms with Crippen molar-refractivity contribution in [1.82, 2.24) is 0 Å².